The summed E-state index contributed by atoms with van der Waals surface area (Å²) in [6.45, 7) is 5.53. The van der Waals surface area contributed by atoms with Gasteiger partial charge in [-0.2, -0.15) is 11.8 Å². The molecule has 184 valence electrons. The zero-order valence-electron chi connectivity index (χ0n) is 20.1. The van der Waals surface area contributed by atoms with Crippen LogP contribution in [0.4, 0.5) is 4.79 Å². The minimum Gasteiger partial charge on any atom is -0.466 e. The molecule has 0 spiro atoms. The number of aromatic nitrogens is 1. The van der Waals surface area contributed by atoms with Gasteiger partial charge in [0.05, 0.1) is 13.0 Å². The lowest BCUT2D eigenvalue weighted by Gasteiger charge is -2.28. The van der Waals surface area contributed by atoms with Crippen molar-refractivity contribution in [2.24, 2.45) is 5.92 Å². The predicted octanol–water partition coefficient (Wildman–Crippen LogP) is 4.71. The normalized spacial score (nSPS) is 15.0. The summed E-state index contributed by atoms with van der Waals surface area (Å²) in [7, 11) is 0. The number of esters is 1. The molecule has 7 nitrogen and oxygen atoms in total. The van der Waals surface area contributed by atoms with Crippen molar-refractivity contribution >= 4 is 29.5 Å². The van der Waals surface area contributed by atoms with Gasteiger partial charge >= 0.3 is 12.0 Å². The largest absolute Gasteiger partial charge is 0.466 e. The first kappa shape index (κ1) is 27.2. The molecule has 1 aromatic heterocycles. The van der Waals surface area contributed by atoms with Crippen molar-refractivity contribution in [3.8, 4) is 0 Å². The first-order valence-corrected chi connectivity index (χ1v) is 13.4. The Morgan fingerprint density at radius 3 is 2.67 bits per heavy atom. The van der Waals surface area contributed by atoms with Gasteiger partial charge in [0.1, 0.15) is 0 Å². The van der Waals surface area contributed by atoms with E-state index in [-0.39, 0.29) is 30.2 Å². The van der Waals surface area contributed by atoms with Crippen LogP contribution >= 0.6 is 11.8 Å². The van der Waals surface area contributed by atoms with Crippen LogP contribution in [0.1, 0.15) is 75.6 Å². The molecule has 0 saturated heterocycles. The van der Waals surface area contributed by atoms with Gasteiger partial charge in [-0.25, -0.2) is 4.79 Å². The highest BCUT2D eigenvalue weighted by molar-refractivity contribution is 7.99. The highest BCUT2D eigenvalue weighted by atomic mass is 32.2. The van der Waals surface area contributed by atoms with E-state index in [1.165, 1.54) is 25.5 Å². The highest BCUT2D eigenvalue weighted by Crippen LogP contribution is 2.20. The molecule has 33 heavy (non-hydrogen) atoms. The van der Waals surface area contributed by atoms with E-state index < -0.39 is 5.92 Å². The van der Waals surface area contributed by atoms with Gasteiger partial charge in [0.2, 0.25) is 0 Å². The quantitative estimate of drug-likeness (QED) is 0.237. The topological polar surface area (TPSA) is 88.6 Å². The average molecular weight is 478 g/mol. The summed E-state index contributed by atoms with van der Waals surface area (Å²) in [4.78, 5) is 43.8. The van der Waals surface area contributed by atoms with Crippen molar-refractivity contribution in [2.45, 2.75) is 71.3 Å². The molecule has 1 aliphatic rings. The molecule has 1 aliphatic carbocycles. The van der Waals surface area contributed by atoms with Crippen molar-refractivity contribution in [1.29, 1.82) is 0 Å². The van der Waals surface area contributed by atoms with Gasteiger partial charge in [-0.05, 0) is 38.3 Å². The third-order valence-electron chi connectivity index (χ3n) is 5.86. The number of ketones is 1. The van der Waals surface area contributed by atoms with E-state index >= 15 is 0 Å². The second-order valence-electron chi connectivity index (χ2n) is 8.51. The van der Waals surface area contributed by atoms with Crippen LogP contribution in [0.15, 0.2) is 24.5 Å². The number of carbonyl (C=O) groups is 3. The molecule has 0 aromatic carbocycles. The number of hydrogen-bond acceptors (Lipinski definition) is 6. The number of nitrogens with one attached hydrogen (secondary N) is 1. The number of urea groups is 1. The SMILES string of the molecule is CCCCN(CCSCC(CC(=O)OCC)C(=O)c1cccnc1)C(=O)NC1CCCCC1. The summed E-state index contributed by atoms with van der Waals surface area (Å²) < 4.78 is 5.07. The molecular weight excluding hydrogens is 438 g/mol. The Labute approximate surface area is 202 Å². The van der Waals surface area contributed by atoms with Crippen LogP contribution in [-0.2, 0) is 9.53 Å². The predicted molar refractivity (Wildman–Crippen MR) is 133 cm³/mol. The third-order valence-corrected chi connectivity index (χ3v) is 6.97. The monoisotopic (exact) mass is 477 g/mol. The maximum Gasteiger partial charge on any atom is 0.317 e. The summed E-state index contributed by atoms with van der Waals surface area (Å²) in [5.74, 6) is 0.275. The van der Waals surface area contributed by atoms with E-state index in [0.717, 1.165) is 32.2 Å². The highest BCUT2D eigenvalue weighted by Gasteiger charge is 2.25. The minimum atomic E-state index is -0.474. The van der Waals surface area contributed by atoms with Crippen molar-refractivity contribution in [3.05, 3.63) is 30.1 Å². The van der Waals surface area contributed by atoms with Crippen LogP contribution in [0, 0.1) is 5.92 Å². The summed E-state index contributed by atoms with van der Waals surface area (Å²) in [5.41, 5.74) is 0.504. The van der Waals surface area contributed by atoms with E-state index in [4.69, 9.17) is 4.74 Å². The maximum atomic E-state index is 12.9. The Balaban J connectivity index is 1.89. The van der Waals surface area contributed by atoms with Gasteiger partial charge < -0.3 is 15.0 Å². The smallest absolute Gasteiger partial charge is 0.317 e. The molecule has 0 aliphatic heterocycles. The fourth-order valence-corrected chi connectivity index (χ4v) is 5.04. The lowest BCUT2D eigenvalue weighted by Crippen LogP contribution is -2.46. The number of carbonyl (C=O) groups excluding carboxylic acids is 3. The second kappa shape index (κ2) is 15.7. The Bertz CT molecular complexity index is 726. The van der Waals surface area contributed by atoms with Crippen molar-refractivity contribution < 1.29 is 19.1 Å². The summed E-state index contributed by atoms with van der Waals surface area (Å²) in [5, 5.41) is 3.21. The van der Waals surface area contributed by atoms with E-state index in [9.17, 15) is 14.4 Å². The molecule has 2 amide bonds. The number of hydrogen-bond donors (Lipinski definition) is 1. The Morgan fingerprint density at radius 2 is 2.00 bits per heavy atom. The lowest BCUT2D eigenvalue weighted by molar-refractivity contribution is -0.143. The minimum absolute atomic E-state index is 0.0189. The van der Waals surface area contributed by atoms with Gasteiger partial charge in [-0.3, -0.25) is 14.6 Å². The number of rotatable bonds is 14. The summed E-state index contributed by atoms with van der Waals surface area (Å²) >= 11 is 1.60. The Hall–Kier alpha value is -2.09. The Morgan fingerprint density at radius 1 is 1.21 bits per heavy atom. The number of thioether (sulfide) groups is 1. The van der Waals surface area contributed by atoms with Crippen molar-refractivity contribution in [2.75, 3.05) is 31.2 Å². The number of ether oxygens (including phenoxy) is 1. The number of Topliss-reactive ketones (excluding diaryl/α,β-unsaturated/α-hetero) is 1. The van der Waals surface area contributed by atoms with Crippen LogP contribution < -0.4 is 5.32 Å². The van der Waals surface area contributed by atoms with Gasteiger partial charge in [0.15, 0.2) is 5.78 Å². The molecule has 0 radical (unpaired) electrons. The van der Waals surface area contributed by atoms with Crippen LogP contribution in [-0.4, -0.2) is 64.9 Å². The van der Waals surface area contributed by atoms with Crippen LogP contribution in [0.3, 0.4) is 0 Å². The number of unbranched alkanes of at least 4 members (excludes halogenated alkanes) is 1. The zero-order chi connectivity index (χ0) is 23.9. The standard InChI is InChI=1S/C25H39N3O4S/c1-3-5-14-28(25(31)27-22-11-7-6-8-12-22)15-16-33-19-21(17-23(29)32-4-2)24(30)20-10-9-13-26-18-20/h9-10,13,18,21-22H,3-8,11-12,14-17,19H2,1-2H3,(H,27,31). The second-order valence-corrected chi connectivity index (χ2v) is 9.66. The molecule has 1 N–H and O–H groups in total. The zero-order valence-corrected chi connectivity index (χ0v) is 20.9. The molecule has 1 fully saturated rings. The number of amides is 2. The fourth-order valence-electron chi connectivity index (χ4n) is 3.97. The third kappa shape index (κ3) is 10.2. The lowest BCUT2D eigenvalue weighted by atomic mass is 9.96. The van der Waals surface area contributed by atoms with Crippen molar-refractivity contribution in [1.82, 2.24) is 15.2 Å². The molecule has 1 unspecified atom stereocenters. The molecule has 1 heterocycles. The maximum absolute atomic E-state index is 12.9. The average Bonchev–Trinajstić information content (AvgIpc) is 2.83. The van der Waals surface area contributed by atoms with Gasteiger partial charge in [-0.1, -0.05) is 32.6 Å². The van der Waals surface area contributed by atoms with Crippen LogP contribution in [0.5, 0.6) is 0 Å². The molecule has 1 saturated carbocycles. The first-order chi connectivity index (χ1) is 16.0. The van der Waals surface area contributed by atoms with Gasteiger partial charge in [0, 0.05) is 54.5 Å². The summed E-state index contributed by atoms with van der Waals surface area (Å²) in [6, 6.07) is 3.75. The number of pyridine rings is 1. The molecule has 1 aromatic rings. The van der Waals surface area contributed by atoms with Crippen LogP contribution in [0.25, 0.3) is 0 Å². The molecule has 1 atom stereocenters. The molecule has 8 heteroatoms. The summed E-state index contributed by atoms with van der Waals surface area (Å²) in [6.07, 6.45) is 11.0. The number of nitrogens with zero attached hydrogens (tertiary/aromatic N) is 2. The van der Waals surface area contributed by atoms with E-state index in [2.05, 4.69) is 17.2 Å². The van der Waals surface area contributed by atoms with Gasteiger partial charge in [-0.15, -0.1) is 0 Å². The first-order valence-electron chi connectivity index (χ1n) is 12.3. The Kier molecular flexibility index (Phi) is 12.9. The van der Waals surface area contributed by atoms with E-state index in [1.54, 1.807) is 37.0 Å². The molecule has 0 bridgehead atoms. The fraction of sp³-hybridized carbons (Fsp3) is 0.680. The van der Waals surface area contributed by atoms with Crippen molar-refractivity contribution in [3.63, 3.8) is 0 Å². The van der Waals surface area contributed by atoms with Gasteiger partial charge in [0.25, 0.3) is 0 Å². The molecule has 2 rings (SSSR count). The van der Waals surface area contributed by atoms with Crippen LogP contribution in [0.2, 0.25) is 0 Å². The molecular formula is C25H39N3O4S. The van der Waals surface area contributed by atoms with E-state index in [0.29, 0.717) is 30.2 Å². The van der Waals surface area contributed by atoms with E-state index in [1.807, 2.05) is 4.90 Å².